The second-order valence-electron chi connectivity index (χ2n) is 6.71. The number of hydrogen-bond donors (Lipinski definition) is 2. The van der Waals surface area contributed by atoms with Gasteiger partial charge in [-0.3, -0.25) is 4.79 Å². The molecular weight excluding hydrogens is 328 g/mol. The van der Waals surface area contributed by atoms with Gasteiger partial charge in [-0.05, 0) is 57.0 Å². The largest absolute Gasteiger partial charge is 0.321 e. The average molecular weight is 348 g/mol. The predicted molar refractivity (Wildman–Crippen MR) is 98.1 cm³/mol. The zero-order valence-electron chi connectivity index (χ0n) is 14.7. The summed E-state index contributed by atoms with van der Waals surface area (Å²) in [5, 5.41) is 2.86. The van der Waals surface area contributed by atoms with Crippen molar-refractivity contribution in [2.24, 2.45) is 5.73 Å². The third kappa shape index (κ3) is 2.97. The van der Waals surface area contributed by atoms with E-state index in [-0.39, 0.29) is 5.91 Å². The van der Waals surface area contributed by atoms with Crippen molar-refractivity contribution in [3.05, 3.63) is 65.8 Å². The first-order chi connectivity index (χ1) is 12.5. The highest BCUT2D eigenvalue weighted by atomic mass is 16.1. The normalized spacial score (nSPS) is 14.9. The Balaban J connectivity index is 1.51. The second-order valence-corrected chi connectivity index (χ2v) is 6.71. The van der Waals surface area contributed by atoms with E-state index in [0.29, 0.717) is 17.2 Å². The van der Waals surface area contributed by atoms with Gasteiger partial charge in [0.2, 0.25) is 0 Å². The molecule has 132 valence electrons. The van der Waals surface area contributed by atoms with Gasteiger partial charge in [-0.25, -0.2) is 15.0 Å². The molecule has 3 aromatic rings. The van der Waals surface area contributed by atoms with Gasteiger partial charge in [-0.2, -0.15) is 0 Å². The van der Waals surface area contributed by atoms with E-state index in [9.17, 15) is 4.79 Å². The van der Waals surface area contributed by atoms with E-state index in [1.807, 2.05) is 42.7 Å². The molecule has 1 aliphatic carbocycles. The maximum Gasteiger partial charge on any atom is 0.274 e. The first-order valence-corrected chi connectivity index (χ1v) is 8.51. The zero-order chi connectivity index (χ0) is 18.3. The van der Waals surface area contributed by atoms with Crippen LogP contribution in [-0.4, -0.2) is 25.4 Å². The van der Waals surface area contributed by atoms with Gasteiger partial charge < -0.3 is 15.6 Å². The van der Waals surface area contributed by atoms with Crippen LogP contribution in [0.25, 0.3) is 5.69 Å². The van der Waals surface area contributed by atoms with Crippen LogP contribution in [0.3, 0.4) is 0 Å². The van der Waals surface area contributed by atoms with Gasteiger partial charge >= 0.3 is 0 Å². The van der Waals surface area contributed by atoms with Crippen LogP contribution in [0.4, 0.5) is 5.69 Å². The maximum absolute atomic E-state index is 12.5. The molecule has 4 rings (SSSR count). The van der Waals surface area contributed by atoms with Gasteiger partial charge in [0.1, 0.15) is 11.5 Å². The van der Waals surface area contributed by atoms with Gasteiger partial charge in [0.25, 0.3) is 5.91 Å². The third-order valence-corrected chi connectivity index (χ3v) is 4.78. The summed E-state index contributed by atoms with van der Waals surface area (Å²) in [5.74, 6) is 0.256. The number of nitrogens with two attached hydrogens (primary N) is 1. The average Bonchev–Trinajstić information content (AvgIpc) is 3.33. The predicted octanol–water partition coefficient (Wildman–Crippen LogP) is 2.48. The minimum Gasteiger partial charge on any atom is -0.321 e. The molecule has 1 aliphatic rings. The van der Waals surface area contributed by atoms with Crippen molar-refractivity contribution in [1.82, 2.24) is 19.5 Å². The highest BCUT2D eigenvalue weighted by molar-refractivity contribution is 6.02. The molecule has 2 aromatic heterocycles. The molecule has 7 nitrogen and oxygen atoms in total. The number of imidazole rings is 1. The molecule has 0 aliphatic heterocycles. The van der Waals surface area contributed by atoms with E-state index >= 15 is 0 Å². The molecule has 0 saturated heterocycles. The summed E-state index contributed by atoms with van der Waals surface area (Å²) in [6.07, 6.45) is 5.08. The molecule has 0 atom stereocenters. The molecule has 26 heavy (non-hydrogen) atoms. The number of amides is 1. The summed E-state index contributed by atoms with van der Waals surface area (Å²) in [6, 6.07) is 9.18. The number of rotatable bonds is 4. The number of hydrogen-bond acceptors (Lipinski definition) is 5. The number of nitrogens with zero attached hydrogens (tertiary/aromatic N) is 4. The van der Waals surface area contributed by atoms with E-state index in [1.54, 1.807) is 18.6 Å². The van der Waals surface area contributed by atoms with Crippen molar-refractivity contribution in [3.8, 4) is 5.69 Å². The smallest absolute Gasteiger partial charge is 0.274 e. The number of benzene rings is 1. The molecule has 0 radical (unpaired) electrons. The molecule has 3 N–H and O–H groups in total. The van der Waals surface area contributed by atoms with Crippen LogP contribution in [0, 0.1) is 13.8 Å². The molecule has 1 aromatic carbocycles. The fraction of sp³-hybridized carbons (Fsp3) is 0.263. The first kappa shape index (κ1) is 16.4. The summed E-state index contributed by atoms with van der Waals surface area (Å²) in [7, 11) is 0. The minimum atomic E-state index is -0.460. The summed E-state index contributed by atoms with van der Waals surface area (Å²) in [4.78, 5) is 25.3. The van der Waals surface area contributed by atoms with Gasteiger partial charge in [-0.15, -0.1) is 0 Å². The van der Waals surface area contributed by atoms with E-state index in [0.717, 1.165) is 29.9 Å². The van der Waals surface area contributed by atoms with E-state index in [1.165, 1.54) is 0 Å². The van der Waals surface area contributed by atoms with Crippen molar-refractivity contribution in [2.75, 3.05) is 5.32 Å². The van der Waals surface area contributed by atoms with Crippen LogP contribution in [-0.2, 0) is 5.54 Å². The molecule has 1 amide bonds. The lowest BCUT2D eigenvalue weighted by atomic mass is 10.2. The molecule has 0 bridgehead atoms. The zero-order valence-corrected chi connectivity index (χ0v) is 14.7. The number of aryl methyl sites for hydroxylation is 1. The summed E-state index contributed by atoms with van der Waals surface area (Å²) < 4.78 is 2.01. The highest BCUT2D eigenvalue weighted by Crippen LogP contribution is 2.40. The van der Waals surface area contributed by atoms with Crippen LogP contribution in [0.1, 0.15) is 40.5 Å². The topological polar surface area (TPSA) is 98.7 Å². The van der Waals surface area contributed by atoms with E-state index in [2.05, 4.69) is 20.3 Å². The molecule has 7 heteroatoms. The Kier molecular flexibility index (Phi) is 3.81. The Morgan fingerprint density at radius 3 is 2.50 bits per heavy atom. The van der Waals surface area contributed by atoms with Crippen LogP contribution in [0.15, 0.2) is 42.9 Å². The lowest BCUT2D eigenvalue weighted by Crippen LogP contribution is -2.24. The Hall–Kier alpha value is -3.06. The second kappa shape index (κ2) is 6.03. The fourth-order valence-electron chi connectivity index (χ4n) is 2.74. The van der Waals surface area contributed by atoms with Crippen LogP contribution in [0.2, 0.25) is 0 Å². The molecule has 0 unspecified atom stereocenters. The standard InChI is InChI=1S/C19H20N6O/c1-12-13(2)25(11-22-12)15-5-3-14(4-6-15)23-17(26)16-7-10-21-18(24-16)19(20)8-9-19/h3-7,10-11H,8-9,20H2,1-2H3,(H,23,26). The number of anilines is 1. The van der Waals surface area contributed by atoms with Gasteiger partial charge in [0, 0.05) is 23.3 Å². The first-order valence-electron chi connectivity index (χ1n) is 8.51. The molecule has 0 spiro atoms. The summed E-state index contributed by atoms with van der Waals surface area (Å²) >= 11 is 0. The van der Waals surface area contributed by atoms with Crippen molar-refractivity contribution in [2.45, 2.75) is 32.2 Å². The molecule has 1 saturated carbocycles. The lowest BCUT2D eigenvalue weighted by Gasteiger charge is -2.10. The van der Waals surface area contributed by atoms with E-state index in [4.69, 9.17) is 5.73 Å². The van der Waals surface area contributed by atoms with Gasteiger partial charge in [0.05, 0.1) is 17.6 Å². The lowest BCUT2D eigenvalue weighted by molar-refractivity contribution is 0.102. The highest BCUT2D eigenvalue weighted by Gasteiger charge is 2.43. The SMILES string of the molecule is Cc1ncn(-c2ccc(NC(=O)c3ccnc(C4(N)CC4)n3)cc2)c1C. The van der Waals surface area contributed by atoms with Gasteiger partial charge in [-0.1, -0.05) is 0 Å². The van der Waals surface area contributed by atoms with Crippen molar-refractivity contribution in [3.63, 3.8) is 0 Å². The number of aromatic nitrogens is 4. The Labute approximate surface area is 151 Å². The Morgan fingerprint density at radius 1 is 1.15 bits per heavy atom. The van der Waals surface area contributed by atoms with Crippen LogP contribution >= 0.6 is 0 Å². The van der Waals surface area contributed by atoms with Gasteiger partial charge in [0.15, 0.2) is 0 Å². The minimum absolute atomic E-state index is 0.277. The number of carbonyl (C=O) groups excluding carboxylic acids is 1. The summed E-state index contributed by atoms with van der Waals surface area (Å²) in [5.41, 5.74) is 9.74. The summed E-state index contributed by atoms with van der Waals surface area (Å²) in [6.45, 7) is 4.00. The van der Waals surface area contributed by atoms with E-state index < -0.39 is 5.54 Å². The number of carbonyl (C=O) groups is 1. The third-order valence-electron chi connectivity index (χ3n) is 4.78. The van der Waals surface area contributed by atoms with Crippen LogP contribution < -0.4 is 11.1 Å². The maximum atomic E-state index is 12.5. The number of nitrogens with one attached hydrogen (secondary N) is 1. The monoisotopic (exact) mass is 348 g/mol. The molecule has 1 fully saturated rings. The van der Waals surface area contributed by atoms with Crippen molar-refractivity contribution >= 4 is 11.6 Å². The molecular formula is C19H20N6O. The van der Waals surface area contributed by atoms with Crippen molar-refractivity contribution < 1.29 is 4.79 Å². The molecule has 2 heterocycles. The Bertz CT molecular complexity index is 972. The quantitative estimate of drug-likeness (QED) is 0.755. The Morgan fingerprint density at radius 2 is 1.88 bits per heavy atom. The van der Waals surface area contributed by atoms with Crippen LogP contribution in [0.5, 0.6) is 0 Å². The fourth-order valence-corrected chi connectivity index (χ4v) is 2.74. The van der Waals surface area contributed by atoms with Crippen molar-refractivity contribution in [1.29, 1.82) is 0 Å².